The zero-order valence-electron chi connectivity index (χ0n) is 18.9. The van der Waals surface area contributed by atoms with Gasteiger partial charge in [-0.15, -0.1) is 0 Å². The van der Waals surface area contributed by atoms with Crippen LogP contribution in [0.2, 0.25) is 0 Å². The van der Waals surface area contributed by atoms with Crippen molar-refractivity contribution in [1.29, 1.82) is 0 Å². The predicted octanol–water partition coefficient (Wildman–Crippen LogP) is 6.69. The summed E-state index contributed by atoms with van der Waals surface area (Å²) in [4.78, 5) is 11.8. The largest absolute Gasteiger partial charge is 0.478 e. The van der Waals surface area contributed by atoms with Crippen LogP contribution in [-0.2, 0) is 14.9 Å². The lowest BCUT2D eigenvalue weighted by atomic mass is 9.87. The van der Waals surface area contributed by atoms with Crippen LogP contribution in [0.1, 0.15) is 38.8 Å². The molecule has 3 aromatic rings. The summed E-state index contributed by atoms with van der Waals surface area (Å²) < 4.78 is 16.9. The van der Waals surface area contributed by atoms with Crippen LogP contribution < -0.4 is 9.47 Å². The van der Waals surface area contributed by atoms with E-state index >= 15 is 0 Å². The molecule has 3 rings (SSSR count). The molecule has 0 spiro atoms. The second-order valence-electron chi connectivity index (χ2n) is 8.50. The Morgan fingerprint density at radius 3 is 2.23 bits per heavy atom. The highest BCUT2D eigenvalue weighted by atomic mass is 16.6. The van der Waals surface area contributed by atoms with Crippen molar-refractivity contribution in [3.63, 3.8) is 0 Å². The molecule has 0 atom stereocenters. The molecule has 0 fully saturated rings. The number of rotatable bonds is 7. The van der Waals surface area contributed by atoms with Crippen LogP contribution in [0.3, 0.4) is 0 Å². The van der Waals surface area contributed by atoms with E-state index in [2.05, 4.69) is 58.0 Å². The monoisotopic (exact) mass is 418 g/mol. The smallest absolute Gasteiger partial charge is 0.344 e. The molecule has 0 radical (unpaired) electrons. The minimum atomic E-state index is -0.411. The van der Waals surface area contributed by atoms with Gasteiger partial charge >= 0.3 is 5.97 Å². The highest BCUT2D eigenvalue weighted by molar-refractivity contribution is 5.72. The summed E-state index contributed by atoms with van der Waals surface area (Å²) in [6, 6.07) is 22.0. The van der Waals surface area contributed by atoms with Gasteiger partial charge in [0.05, 0.1) is 6.61 Å². The summed E-state index contributed by atoms with van der Waals surface area (Å²) >= 11 is 0. The van der Waals surface area contributed by atoms with Gasteiger partial charge in [0.1, 0.15) is 5.75 Å². The molecule has 0 amide bonds. The first-order valence-corrected chi connectivity index (χ1v) is 10.5. The van der Waals surface area contributed by atoms with Gasteiger partial charge in [0, 0.05) is 0 Å². The number of carbonyl (C=O) groups is 1. The molecule has 0 N–H and O–H groups in total. The van der Waals surface area contributed by atoms with E-state index in [-0.39, 0.29) is 12.0 Å². The molecule has 4 nitrogen and oxygen atoms in total. The molecule has 0 heterocycles. The third kappa shape index (κ3) is 6.11. The van der Waals surface area contributed by atoms with Gasteiger partial charge in [0.2, 0.25) is 0 Å². The standard InChI is InChI=1S/C27H30O4/c1-6-29-26(28)18-30-24-15-10-21(20-9-7-8-19(2)16-20)17-25(24)31-23-13-11-22(12-14-23)27(3,4)5/h7-17H,6,18H2,1-5H3. The Bertz CT molecular complexity index is 1030. The van der Waals surface area contributed by atoms with E-state index in [4.69, 9.17) is 14.2 Å². The molecule has 4 heteroatoms. The second-order valence-corrected chi connectivity index (χ2v) is 8.50. The van der Waals surface area contributed by atoms with Crippen LogP contribution in [0.4, 0.5) is 0 Å². The Labute approximate surface area is 184 Å². The Balaban J connectivity index is 1.91. The maximum atomic E-state index is 11.8. The maximum Gasteiger partial charge on any atom is 0.344 e. The van der Waals surface area contributed by atoms with Crippen LogP contribution in [0.15, 0.2) is 66.7 Å². The number of carbonyl (C=O) groups excluding carboxylic acids is 1. The predicted molar refractivity (Wildman–Crippen MR) is 124 cm³/mol. The SMILES string of the molecule is CCOC(=O)COc1ccc(-c2cccc(C)c2)cc1Oc1ccc(C(C)(C)C)cc1. The topological polar surface area (TPSA) is 44.8 Å². The van der Waals surface area contributed by atoms with E-state index in [1.807, 2.05) is 36.4 Å². The molecule has 0 saturated carbocycles. The molecule has 0 aliphatic carbocycles. The van der Waals surface area contributed by atoms with Crippen LogP contribution in [0.5, 0.6) is 17.2 Å². The quantitative estimate of drug-likeness (QED) is 0.401. The summed E-state index contributed by atoms with van der Waals surface area (Å²) in [5.74, 6) is 1.33. The van der Waals surface area contributed by atoms with Gasteiger partial charge in [-0.25, -0.2) is 4.79 Å². The molecular formula is C27H30O4. The Morgan fingerprint density at radius 1 is 0.871 bits per heavy atom. The normalized spacial score (nSPS) is 11.1. The molecule has 0 aliphatic rings. The van der Waals surface area contributed by atoms with Crippen molar-refractivity contribution in [2.45, 2.75) is 40.0 Å². The molecule has 3 aromatic carbocycles. The fourth-order valence-corrected chi connectivity index (χ4v) is 3.20. The molecule has 162 valence electrons. The zero-order chi connectivity index (χ0) is 22.4. The van der Waals surface area contributed by atoms with Gasteiger partial charge in [0.25, 0.3) is 0 Å². The average molecular weight is 419 g/mol. The Kier molecular flexibility index (Phi) is 7.01. The van der Waals surface area contributed by atoms with Gasteiger partial charge in [-0.3, -0.25) is 0 Å². The third-order valence-electron chi connectivity index (χ3n) is 4.89. The number of aryl methyl sites for hydroxylation is 1. The van der Waals surface area contributed by atoms with E-state index in [1.54, 1.807) is 6.92 Å². The highest BCUT2D eigenvalue weighted by Crippen LogP contribution is 2.36. The van der Waals surface area contributed by atoms with Crippen molar-refractivity contribution >= 4 is 5.97 Å². The van der Waals surface area contributed by atoms with Gasteiger partial charge in [0.15, 0.2) is 18.1 Å². The first kappa shape index (κ1) is 22.4. The fourth-order valence-electron chi connectivity index (χ4n) is 3.20. The molecule has 0 aromatic heterocycles. The number of ether oxygens (including phenoxy) is 3. The van der Waals surface area contributed by atoms with Gasteiger partial charge < -0.3 is 14.2 Å². The van der Waals surface area contributed by atoms with Crippen molar-refractivity contribution in [2.24, 2.45) is 0 Å². The number of hydrogen-bond donors (Lipinski definition) is 0. The Morgan fingerprint density at radius 2 is 1.58 bits per heavy atom. The molecule has 0 bridgehead atoms. The molecule has 0 aliphatic heterocycles. The van der Waals surface area contributed by atoms with E-state index in [1.165, 1.54) is 11.1 Å². The lowest BCUT2D eigenvalue weighted by molar-refractivity contribution is -0.145. The third-order valence-corrected chi connectivity index (χ3v) is 4.89. The van der Waals surface area contributed by atoms with Crippen molar-refractivity contribution in [3.8, 4) is 28.4 Å². The number of esters is 1. The van der Waals surface area contributed by atoms with Crippen molar-refractivity contribution in [3.05, 3.63) is 77.9 Å². The van der Waals surface area contributed by atoms with Crippen LogP contribution >= 0.6 is 0 Å². The molecule has 0 saturated heterocycles. The number of hydrogen-bond acceptors (Lipinski definition) is 4. The minimum Gasteiger partial charge on any atom is -0.478 e. The molecular weight excluding hydrogens is 388 g/mol. The first-order valence-electron chi connectivity index (χ1n) is 10.5. The van der Waals surface area contributed by atoms with Crippen molar-refractivity contribution < 1.29 is 19.0 Å². The summed E-state index contributed by atoms with van der Waals surface area (Å²) in [6.45, 7) is 10.5. The van der Waals surface area contributed by atoms with Gasteiger partial charge in [-0.1, -0.05) is 68.8 Å². The van der Waals surface area contributed by atoms with Crippen molar-refractivity contribution in [2.75, 3.05) is 13.2 Å². The van der Waals surface area contributed by atoms with E-state index in [0.29, 0.717) is 23.9 Å². The Hall–Kier alpha value is -3.27. The summed E-state index contributed by atoms with van der Waals surface area (Å²) in [5, 5.41) is 0. The number of benzene rings is 3. The minimum absolute atomic E-state index is 0.0670. The lowest BCUT2D eigenvalue weighted by Crippen LogP contribution is -2.14. The first-order chi connectivity index (χ1) is 14.8. The summed E-state index contributed by atoms with van der Waals surface area (Å²) in [5.41, 5.74) is 4.57. The van der Waals surface area contributed by atoms with E-state index in [9.17, 15) is 4.79 Å². The summed E-state index contributed by atoms with van der Waals surface area (Å²) in [7, 11) is 0. The van der Waals surface area contributed by atoms with Crippen molar-refractivity contribution in [1.82, 2.24) is 0 Å². The van der Waals surface area contributed by atoms with Crippen LogP contribution in [-0.4, -0.2) is 19.2 Å². The van der Waals surface area contributed by atoms with Gasteiger partial charge in [-0.2, -0.15) is 0 Å². The summed E-state index contributed by atoms with van der Waals surface area (Å²) in [6.07, 6.45) is 0. The van der Waals surface area contributed by atoms with Gasteiger partial charge in [-0.05, 0) is 60.2 Å². The fraction of sp³-hybridized carbons (Fsp3) is 0.296. The highest BCUT2D eigenvalue weighted by Gasteiger charge is 2.15. The molecule has 0 unspecified atom stereocenters. The lowest BCUT2D eigenvalue weighted by Gasteiger charge is -2.19. The van der Waals surface area contributed by atoms with Crippen LogP contribution in [0, 0.1) is 6.92 Å². The van der Waals surface area contributed by atoms with Crippen LogP contribution in [0.25, 0.3) is 11.1 Å². The van der Waals surface area contributed by atoms with E-state index < -0.39 is 5.97 Å². The average Bonchev–Trinajstić information content (AvgIpc) is 2.73. The zero-order valence-corrected chi connectivity index (χ0v) is 18.9. The maximum absolute atomic E-state index is 11.8. The molecule has 31 heavy (non-hydrogen) atoms. The second kappa shape index (κ2) is 9.69. The van der Waals surface area contributed by atoms with E-state index in [0.717, 1.165) is 11.1 Å².